The van der Waals surface area contributed by atoms with E-state index in [0.717, 1.165) is 39.3 Å². The van der Waals surface area contributed by atoms with Crippen LogP contribution in [0.15, 0.2) is 38.7 Å². The van der Waals surface area contributed by atoms with Gasteiger partial charge in [0.15, 0.2) is 11.0 Å². The van der Waals surface area contributed by atoms with Crippen LogP contribution in [-0.2, 0) is 11.3 Å². The number of nitrogens with zero attached hydrogens (tertiary/aromatic N) is 5. The van der Waals surface area contributed by atoms with Gasteiger partial charge in [0.2, 0.25) is 5.89 Å². The van der Waals surface area contributed by atoms with Gasteiger partial charge in [0.25, 0.3) is 5.56 Å². The van der Waals surface area contributed by atoms with Crippen LogP contribution in [0.4, 0.5) is 0 Å². The first-order chi connectivity index (χ1) is 14.1. The molecule has 1 unspecified atom stereocenters. The molecule has 3 heterocycles. The van der Waals surface area contributed by atoms with Crippen molar-refractivity contribution < 1.29 is 9.26 Å². The van der Waals surface area contributed by atoms with E-state index in [2.05, 4.69) is 15.0 Å². The molecule has 29 heavy (non-hydrogen) atoms. The average Bonchev–Trinajstić information content (AvgIpc) is 3.17. The normalized spacial score (nSPS) is 16.3. The molecule has 3 aromatic rings. The van der Waals surface area contributed by atoms with Gasteiger partial charge < -0.3 is 9.26 Å². The second kappa shape index (κ2) is 9.06. The molecule has 0 aliphatic carbocycles. The van der Waals surface area contributed by atoms with Gasteiger partial charge in [0, 0.05) is 26.2 Å². The van der Waals surface area contributed by atoms with Crippen molar-refractivity contribution in [3.63, 3.8) is 0 Å². The van der Waals surface area contributed by atoms with Crippen molar-refractivity contribution in [3.8, 4) is 0 Å². The van der Waals surface area contributed by atoms with Crippen LogP contribution >= 0.6 is 11.8 Å². The molecule has 0 radical (unpaired) electrons. The maximum atomic E-state index is 13.2. The molecule has 8 nitrogen and oxygen atoms in total. The fourth-order valence-corrected chi connectivity index (χ4v) is 4.36. The van der Waals surface area contributed by atoms with Crippen LogP contribution in [0.5, 0.6) is 0 Å². The van der Waals surface area contributed by atoms with Crippen LogP contribution in [-0.4, -0.2) is 57.4 Å². The Morgan fingerprint density at radius 3 is 2.72 bits per heavy atom. The molecule has 0 saturated carbocycles. The molecule has 9 heteroatoms. The van der Waals surface area contributed by atoms with E-state index in [0.29, 0.717) is 34.3 Å². The van der Waals surface area contributed by atoms with Crippen molar-refractivity contribution in [2.75, 3.05) is 32.8 Å². The summed E-state index contributed by atoms with van der Waals surface area (Å²) in [4.78, 5) is 24.6. The third-order valence-electron chi connectivity index (χ3n) is 4.96. The predicted octanol–water partition coefficient (Wildman–Crippen LogP) is 2.66. The molecule has 1 aliphatic rings. The summed E-state index contributed by atoms with van der Waals surface area (Å²) >= 11 is 1.47. The Hall–Kier alpha value is -2.23. The zero-order valence-corrected chi connectivity index (χ0v) is 17.5. The Balaban J connectivity index is 1.58. The minimum Gasteiger partial charge on any atom is -0.379 e. The Bertz CT molecular complexity index is 1030. The van der Waals surface area contributed by atoms with Crippen LogP contribution in [0.25, 0.3) is 10.9 Å². The number of aromatic nitrogens is 4. The third-order valence-corrected chi connectivity index (χ3v) is 6.04. The highest BCUT2D eigenvalue weighted by Gasteiger charge is 2.20. The number of para-hydroxylation sites is 1. The molecule has 2 aromatic heterocycles. The number of morpholine rings is 1. The minimum absolute atomic E-state index is 0.00557. The Kier molecular flexibility index (Phi) is 6.27. The molecular formula is C20H25N5O3S. The monoisotopic (exact) mass is 415 g/mol. The Labute approximate surface area is 173 Å². The van der Waals surface area contributed by atoms with Crippen molar-refractivity contribution >= 4 is 22.7 Å². The lowest BCUT2D eigenvalue weighted by Gasteiger charge is -2.26. The largest absolute Gasteiger partial charge is 0.379 e. The van der Waals surface area contributed by atoms with E-state index < -0.39 is 0 Å². The lowest BCUT2D eigenvalue weighted by atomic mass is 10.2. The molecule has 1 saturated heterocycles. The number of hydrogen-bond donors (Lipinski definition) is 0. The molecule has 1 aliphatic heterocycles. The minimum atomic E-state index is -0.102. The molecule has 154 valence electrons. The van der Waals surface area contributed by atoms with Crippen molar-refractivity contribution in [3.05, 3.63) is 46.3 Å². The predicted molar refractivity (Wildman–Crippen MR) is 111 cm³/mol. The molecule has 0 spiro atoms. The summed E-state index contributed by atoms with van der Waals surface area (Å²) in [5.41, 5.74) is 0.701. The van der Waals surface area contributed by atoms with Gasteiger partial charge in [0.05, 0.1) is 29.4 Å². The van der Waals surface area contributed by atoms with Crippen LogP contribution < -0.4 is 5.56 Å². The molecule has 1 aromatic carbocycles. The number of aryl methyl sites for hydroxylation is 1. The third kappa shape index (κ3) is 4.68. The molecule has 0 bridgehead atoms. The molecule has 4 rings (SSSR count). The number of fused-ring (bicyclic) bond motifs is 1. The smallest absolute Gasteiger partial charge is 0.262 e. The lowest BCUT2D eigenvalue weighted by Crippen LogP contribution is -2.37. The summed E-state index contributed by atoms with van der Waals surface area (Å²) < 4.78 is 12.5. The van der Waals surface area contributed by atoms with E-state index in [4.69, 9.17) is 14.2 Å². The van der Waals surface area contributed by atoms with Gasteiger partial charge in [-0.3, -0.25) is 14.3 Å². The number of thioether (sulfide) groups is 1. The van der Waals surface area contributed by atoms with E-state index in [1.807, 2.05) is 31.2 Å². The zero-order valence-electron chi connectivity index (χ0n) is 16.7. The lowest BCUT2D eigenvalue weighted by molar-refractivity contribution is 0.0368. The first-order valence-electron chi connectivity index (χ1n) is 9.88. The van der Waals surface area contributed by atoms with Crippen LogP contribution in [0.2, 0.25) is 0 Å². The summed E-state index contributed by atoms with van der Waals surface area (Å²) in [5, 5.41) is 5.09. The maximum absolute atomic E-state index is 13.2. The first-order valence-corrected chi connectivity index (χ1v) is 10.8. The number of ether oxygens (including phenoxy) is 1. The highest BCUT2D eigenvalue weighted by Crippen LogP contribution is 2.33. The number of hydrogen-bond acceptors (Lipinski definition) is 8. The maximum Gasteiger partial charge on any atom is 0.262 e. The fourth-order valence-electron chi connectivity index (χ4n) is 3.40. The second-order valence-corrected chi connectivity index (χ2v) is 8.42. The molecular weight excluding hydrogens is 390 g/mol. The van der Waals surface area contributed by atoms with Crippen molar-refractivity contribution in [2.45, 2.75) is 37.2 Å². The van der Waals surface area contributed by atoms with Crippen molar-refractivity contribution in [1.29, 1.82) is 0 Å². The summed E-state index contributed by atoms with van der Waals surface area (Å²) in [6.07, 6.45) is 0.877. The van der Waals surface area contributed by atoms with E-state index >= 15 is 0 Å². The summed E-state index contributed by atoms with van der Waals surface area (Å²) in [7, 11) is 0. The van der Waals surface area contributed by atoms with Gasteiger partial charge in [-0.2, -0.15) is 4.98 Å². The summed E-state index contributed by atoms with van der Waals surface area (Å²) in [6, 6.07) is 7.49. The van der Waals surface area contributed by atoms with E-state index in [1.54, 1.807) is 11.5 Å². The number of benzene rings is 1. The van der Waals surface area contributed by atoms with Crippen LogP contribution in [0, 0.1) is 6.92 Å². The highest BCUT2D eigenvalue weighted by atomic mass is 32.2. The highest BCUT2D eigenvalue weighted by molar-refractivity contribution is 7.99. The molecule has 0 amide bonds. The number of rotatable bonds is 7. The van der Waals surface area contributed by atoms with E-state index in [1.165, 1.54) is 11.8 Å². The zero-order chi connectivity index (χ0) is 20.2. The molecule has 1 atom stereocenters. The van der Waals surface area contributed by atoms with Gasteiger partial charge in [-0.1, -0.05) is 29.1 Å². The van der Waals surface area contributed by atoms with Crippen molar-refractivity contribution in [1.82, 2.24) is 24.6 Å². The average molecular weight is 416 g/mol. The molecule has 0 N–H and O–H groups in total. The Morgan fingerprint density at radius 1 is 1.17 bits per heavy atom. The molecule has 1 fully saturated rings. The first kappa shape index (κ1) is 20.1. The van der Waals surface area contributed by atoms with Crippen molar-refractivity contribution in [2.24, 2.45) is 0 Å². The van der Waals surface area contributed by atoms with E-state index in [-0.39, 0.29) is 10.8 Å². The SMILES string of the molecule is Cc1noc(C(C)Sc2nc3ccccc3c(=O)n2CCCN2CCOCC2)n1. The second-order valence-electron chi connectivity index (χ2n) is 7.12. The van der Waals surface area contributed by atoms with Gasteiger partial charge >= 0.3 is 0 Å². The summed E-state index contributed by atoms with van der Waals surface area (Å²) in [5.74, 6) is 1.14. The topological polar surface area (TPSA) is 86.3 Å². The van der Waals surface area contributed by atoms with E-state index in [9.17, 15) is 4.79 Å². The van der Waals surface area contributed by atoms with Gasteiger partial charge in [-0.25, -0.2) is 4.98 Å². The van der Waals surface area contributed by atoms with Gasteiger partial charge in [-0.05, 0) is 32.4 Å². The fraction of sp³-hybridized carbons (Fsp3) is 0.500. The Morgan fingerprint density at radius 2 is 1.97 bits per heavy atom. The van der Waals surface area contributed by atoms with Gasteiger partial charge in [-0.15, -0.1) is 0 Å². The van der Waals surface area contributed by atoms with Gasteiger partial charge in [0.1, 0.15) is 0 Å². The van der Waals surface area contributed by atoms with Crippen LogP contribution in [0.3, 0.4) is 0 Å². The van der Waals surface area contributed by atoms with Crippen LogP contribution in [0.1, 0.15) is 30.3 Å². The standard InChI is InChI=1S/C20H25N5O3S/c1-14(18-21-15(2)23-28-18)29-20-22-17-7-4-3-6-16(17)19(26)25(20)9-5-8-24-10-12-27-13-11-24/h3-4,6-7,14H,5,8-13H2,1-2H3. The quantitative estimate of drug-likeness (QED) is 0.430. The summed E-state index contributed by atoms with van der Waals surface area (Å²) in [6.45, 7) is 8.77.